The number of alkyl carbamates (subject to hydrolysis) is 1. The SMILES string of the molecule is CCOC(=O)C1C(CN(CC)C(N)=O)C1[C@H](NC(=O)OC(C)(C)C)C(=O)O. The number of nitrogens with two attached hydrogens (primary N) is 1. The minimum Gasteiger partial charge on any atom is -0.480 e. The molecule has 27 heavy (non-hydrogen) atoms. The van der Waals surface area contributed by atoms with Crippen LogP contribution in [0.3, 0.4) is 0 Å². The Morgan fingerprint density at radius 2 is 1.81 bits per heavy atom. The second-order valence-corrected chi connectivity index (χ2v) is 7.36. The number of nitrogens with one attached hydrogen (secondary N) is 1. The number of urea groups is 1. The van der Waals surface area contributed by atoms with E-state index in [1.807, 2.05) is 0 Å². The molecule has 4 atom stereocenters. The summed E-state index contributed by atoms with van der Waals surface area (Å²) in [5, 5.41) is 11.9. The fraction of sp³-hybridized carbons (Fsp3) is 0.765. The zero-order chi connectivity index (χ0) is 20.9. The smallest absolute Gasteiger partial charge is 0.408 e. The molecular weight excluding hydrogens is 358 g/mol. The largest absolute Gasteiger partial charge is 0.480 e. The van der Waals surface area contributed by atoms with Gasteiger partial charge in [0.25, 0.3) is 0 Å². The highest BCUT2D eigenvalue weighted by atomic mass is 16.6. The molecule has 0 bridgehead atoms. The average molecular weight is 387 g/mol. The first-order valence-corrected chi connectivity index (χ1v) is 8.86. The minimum absolute atomic E-state index is 0.0970. The van der Waals surface area contributed by atoms with E-state index in [9.17, 15) is 24.3 Å². The summed E-state index contributed by atoms with van der Waals surface area (Å²) in [7, 11) is 0. The number of hydrogen-bond acceptors (Lipinski definition) is 6. The number of nitrogens with zero attached hydrogens (tertiary/aromatic N) is 1. The van der Waals surface area contributed by atoms with E-state index < -0.39 is 53.5 Å². The fourth-order valence-electron chi connectivity index (χ4n) is 3.05. The number of rotatable bonds is 8. The van der Waals surface area contributed by atoms with Crippen molar-refractivity contribution >= 4 is 24.1 Å². The molecule has 3 amide bonds. The molecule has 0 spiro atoms. The van der Waals surface area contributed by atoms with Gasteiger partial charge in [-0.25, -0.2) is 14.4 Å². The Balaban J connectivity index is 2.98. The Morgan fingerprint density at radius 1 is 1.22 bits per heavy atom. The Bertz CT molecular complexity index is 588. The average Bonchev–Trinajstić information content (AvgIpc) is 3.21. The molecule has 0 aliphatic heterocycles. The number of carboxylic acid groups (broad SMARTS) is 1. The highest BCUT2D eigenvalue weighted by molar-refractivity contribution is 5.84. The van der Waals surface area contributed by atoms with E-state index in [4.69, 9.17) is 15.2 Å². The van der Waals surface area contributed by atoms with Crippen LogP contribution in [-0.2, 0) is 19.1 Å². The topological polar surface area (TPSA) is 148 Å². The van der Waals surface area contributed by atoms with Crippen molar-refractivity contribution < 1.29 is 33.8 Å². The van der Waals surface area contributed by atoms with E-state index in [0.29, 0.717) is 6.54 Å². The van der Waals surface area contributed by atoms with Gasteiger partial charge in [0, 0.05) is 19.0 Å². The lowest BCUT2D eigenvalue weighted by Gasteiger charge is -2.22. The standard InChI is InChI=1S/C17H29N3O7/c1-6-20(15(18)24)8-9-10(11(9)14(23)26-7-2)12(13(21)22)19-16(25)27-17(3,4)5/h9-12H,6-8H2,1-5H3,(H2,18,24)(H,19,25)(H,21,22)/t9?,10?,11?,12-/m0/s1. The second kappa shape index (κ2) is 8.92. The first-order chi connectivity index (χ1) is 12.4. The van der Waals surface area contributed by atoms with E-state index in [2.05, 4.69) is 5.32 Å². The lowest BCUT2D eigenvalue weighted by atomic mass is 10.1. The maximum Gasteiger partial charge on any atom is 0.408 e. The summed E-state index contributed by atoms with van der Waals surface area (Å²) in [6.45, 7) is 8.85. The first kappa shape index (κ1) is 22.5. The molecule has 10 nitrogen and oxygen atoms in total. The Labute approximate surface area is 158 Å². The van der Waals surface area contributed by atoms with Crippen LogP contribution in [0.2, 0.25) is 0 Å². The molecule has 154 valence electrons. The zero-order valence-electron chi connectivity index (χ0n) is 16.4. The van der Waals surface area contributed by atoms with Gasteiger partial charge in [0.1, 0.15) is 11.6 Å². The number of carbonyl (C=O) groups excluding carboxylic acids is 3. The summed E-state index contributed by atoms with van der Waals surface area (Å²) < 4.78 is 10.1. The molecule has 3 unspecified atom stereocenters. The van der Waals surface area contributed by atoms with Crippen molar-refractivity contribution in [2.75, 3.05) is 19.7 Å². The van der Waals surface area contributed by atoms with E-state index in [1.165, 1.54) is 4.90 Å². The third-order valence-corrected chi connectivity index (χ3v) is 4.24. The lowest BCUT2D eigenvalue weighted by molar-refractivity contribution is -0.145. The van der Waals surface area contributed by atoms with Crippen molar-refractivity contribution in [3.63, 3.8) is 0 Å². The molecule has 0 radical (unpaired) electrons. The van der Waals surface area contributed by atoms with Crippen LogP contribution in [0.5, 0.6) is 0 Å². The normalized spacial score (nSPS) is 22.3. The van der Waals surface area contributed by atoms with E-state index in [1.54, 1.807) is 34.6 Å². The number of primary amides is 1. The molecule has 0 aromatic heterocycles. The number of amides is 3. The molecule has 0 aromatic rings. The Hall–Kier alpha value is -2.52. The fourth-order valence-corrected chi connectivity index (χ4v) is 3.05. The number of hydrogen-bond donors (Lipinski definition) is 3. The molecule has 1 fully saturated rings. The number of carboxylic acids is 1. The first-order valence-electron chi connectivity index (χ1n) is 8.86. The van der Waals surface area contributed by atoms with Gasteiger partial charge in [-0.3, -0.25) is 4.79 Å². The molecule has 0 saturated heterocycles. The van der Waals surface area contributed by atoms with Crippen molar-refractivity contribution in [2.24, 2.45) is 23.5 Å². The van der Waals surface area contributed by atoms with E-state index in [-0.39, 0.29) is 13.2 Å². The zero-order valence-corrected chi connectivity index (χ0v) is 16.4. The van der Waals surface area contributed by atoms with Gasteiger partial charge in [-0.05, 0) is 40.5 Å². The number of aliphatic carboxylic acids is 1. The van der Waals surface area contributed by atoms with Crippen molar-refractivity contribution in [1.82, 2.24) is 10.2 Å². The van der Waals surface area contributed by atoms with Crippen LogP contribution in [0.25, 0.3) is 0 Å². The molecule has 1 aliphatic rings. The van der Waals surface area contributed by atoms with Crippen molar-refractivity contribution in [2.45, 2.75) is 46.3 Å². The van der Waals surface area contributed by atoms with Crippen molar-refractivity contribution in [3.8, 4) is 0 Å². The van der Waals surface area contributed by atoms with Crippen molar-refractivity contribution in [1.29, 1.82) is 0 Å². The molecule has 0 aromatic carbocycles. The van der Waals surface area contributed by atoms with Crippen LogP contribution in [-0.4, -0.2) is 65.4 Å². The summed E-state index contributed by atoms with van der Waals surface area (Å²) in [6, 6.07) is -2.02. The molecular formula is C17H29N3O7. The Morgan fingerprint density at radius 3 is 2.22 bits per heavy atom. The van der Waals surface area contributed by atoms with Gasteiger partial charge in [0.15, 0.2) is 0 Å². The third kappa shape index (κ3) is 6.30. The van der Waals surface area contributed by atoms with Crippen LogP contribution in [0, 0.1) is 17.8 Å². The molecule has 10 heteroatoms. The third-order valence-electron chi connectivity index (χ3n) is 4.24. The van der Waals surface area contributed by atoms with Gasteiger partial charge in [-0.15, -0.1) is 0 Å². The number of esters is 1. The van der Waals surface area contributed by atoms with Gasteiger partial charge >= 0.3 is 24.1 Å². The predicted molar refractivity (Wildman–Crippen MR) is 94.7 cm³/mol. The van der Waals surface area contributed by atoms with Crippen LogP contribution in [0.4, 0.5) is 9.59 Å². The lowest BCUT2D eigenvalue weighted by Crippen LogP contribution is -2.46. The molecule has 1 rings (SSSR count). The highest BCUT2D eigenvalue weighted by Gasteiger charge is 2.61. The summed E-state index contributed by atoms with van der Waals surface area (Å²) in [5.41, 5.74) is 4.50. The maximum atomic E-state index is 12.2. The van der Waals surface area contributed by atoms with Gasteiger partial charge in [0.2, 0.25) is 0 Å². The maximum absolute atomic E-state index is 12.2. The molecule has 4 N–H and O–H groups in total. The summed E-state index contributed by atoms with van der Waals surface area (Å²) in [5.74, 6) is -3.85. The Kier molecular flexibility index (Phi) is 7.44. The number of ether oxygens (including phenoxy) is 2. The predicted octanol–water partition coefficient (Wildman–Crippen LogP) is 0.790. The second-order valence-electron chi connectivity index (χ2n) is 7.36. The van der Waals surface area contributed by atoms with Gasteiger partial charge in [-0.1, -0.05) is 0 Å². The summed E-state index contributed by atoms with van der Waals surface area (Å²) in [6.07, 6.45) is -0.898. The monoisotopic (exact) mass is 387 g/mol. The van der Waals surface area contributed by atoms with Crippen LogP contribution >= 0.6 is 0 Å². The molecule has 1 aliphatic carbocycles. The summed E-state index contributed by atoms with van der Waals surface area (Å²) in [4.78, 5) is 48.7. The summed E-state index contributed by atoms with van der Waals surface area (Å²) >= 11 is 0. The minimum atomic E-state index is -1.36. The molecule has 1 saturated carbocycles. The van der Waals surface area contributed by atoms with E-state index in [0.717, 1.165) is 0 Å². The van der Waals surface area contributed by atoms with Crippen LogP contribution in [0.15, 0.2) is 0 Å². The van der Waals surface area contributed by atoms with Crippen LogP contribution in [0.1, 0.15) is 34.6 Å². The van der Waals surface area contributed by atoms with Crippen LogP contribution < -0.4 is 11.1 Å². The molecule has 0 heterocycles. The van der Waals surface area contributed by atoms with Gasteiger partial charge in [0.05, 0.1) is 12.5 Å². The van der Waals surface area contributed by atoms with Gasteiger partial charge in [-0.2, -0.15) is 0 Å². The van der Waals surface area contributed by atoms with Gasteiger partial charge < -0.3 is 30.5 Å². The van der Waals surface area contributed by atoms with Crippen molar-refractivity contribution in [3.05, 3.63) is 0 Å². The number of carbonyl (C=O) groups is 4. The highest BCUT2D eigenvalue weighted by Crippen LogP contribution is 2.50. The van der Waals surface area contributed by atoms with E-state index >= 15 is 0 Å². The quantitative estimate of drug-likeness (QED) is 0.521.